The highest BCUT2D eigenvalue weighted by Crippen LogP contribution is 2.23. The number of benzene rings is 1. The van der Waals surface area contributed by atoms with Crippen molar-refractivity contribution in [3.8, 4) is 0 Å². The first-order valence-corrected chi connectivity index (χ1v) is 7.35. The van der Waals surface area contributed by atoms with Gasteiger partial charge in [-0.05, 0) is 37.6 Å². The lowest BCUT2D eigenvalue weighted by atomic mass is 10.2. The fourth-order valence-corrected chi connectivity index (χ4v) is 2.63. The van der Waals surface area contributed by atoms with Crippen molar-refractivity contribution in [3.05, 3.63) is 23.8 Å². The Morgan fingerprint density at radius 3 is 2.53 bits per heavy atom. The normalized spacial score (nSPS) is 11.6. The van der Waals surface area contributed by atoms with Crippen LogP contribution < -0.4 is 10.8 Å². The number of hydrogen-bond acceptors (Lipinski definition) is 6. The fraction of sp³-hybridized carbons (Fsp3) is 0.500. The third-order valence-electron chi connectivity index (χ3n) is 2.87. The van der Waals surface area contributed by atoms with Gasteiger partial charge in [-0.2, -0.15) is 18.6 Å². The number of rotatable bonds is 7. The molecule has 0 spiro atoms. The minimum Gasteiger partial charge on any atom is -0.383 e. The molecule has 0 aliphatic carbocycles. The Kier molecular flexibility index (Phi) is 5.74. The Labute approximate surface area is 114 Å². The number of likely N-dealkylation sites (N-methyl/N-ethyl adjacent to an activating group) is 1. The van der Waals surface area contributed by atoms with Gasteiger partial charge in [0.25, 0.3) is 0 Å². The monoisotopic (exact) mass is 288 g/mol. The summed E-state index contributed by atoms with van der Waals surface area (Å²) < 4.78 is 32.2. The zero-order chi connectivity index (χ0) is 14.5. The third kappa shape index (κ3) is 3.90. The fourth-order valence-electron chi connectivity index (χ4n) is 1.83. The molecule has 0 bridgehead atoms. The number of nitrogens with two attached hydrogens (primary N) is 1. The molecule has 19 heavy (non-hydrogen) atoms. The minimum atomic E-state index is -3.86. The highest BCUT2D eigenvalue weighted by Gasteiger charge is 2.17. The van der Waals surface area contributed by atoms with Crippen molar-refractivity contribution in [2.45, 2.75) is 18.7 Å². The maximum Gasteiger partial charge on any atom is 0.312 e. The van der Waals surface area contributed by atoms with Gasteiger partial charge in [0.15, 0.2) is 0 Å². The van der Waals surface area contributed by atoms with E-state index in [1.165, 1.54) is 6.07 Å². The number of aryl methyl sites for hydroxylation is 1. The molecule has 0 aromatic heterocycles. The quantitative estimate of drug-likeness (QED) is 0.755. The van der Waals surface area contributed by atoms with E-state index < -0.39 is 10.1 Å². The first-order valence-electron chi connectivity index (χ1n) is 5.94. The van der Waals surface area contributed by atoms with E-state index in [0.29, 0.717) is 12.2 Å². The van der Waals surface area contributed by atoms with Gasteiger partial charge in [-0.3, -0.25) is 0 Å². The highest BCUT2D eigenvalue weighted by molar-refractivity contribution is 7.86. The van der Waals surface area contributed by atoms with Gasteiger partial charge < -0.3 is 9.64 Å². The molecule has 108 valence electrons. The van der Waals surface area contributed by atoms with Crippen molar-refractivity contribution in [1.29, 1.82) is 0 Å². The zero-order valence-electron chi connectivity index (χ0n) is 11.4. The molecule has 0 fully saturated rings. The lowest BCUT2D eigenvalue weighted by Gasteiger charge is -2.23. The third-order valence-corrected chi connectivity index (χ3v) is 4.12. The van der Waals surface area contributed by atoms with Crippen LogP contribution in [0, 0.1) is 6.92 Å². The molecule has 7 heteroatoms. The maximum atomic E-state index is 11.6. The van der Waals surface area contributed by atoms with Crippen LogP contribution in [0.4, 0.5) is 5.69 Å². The second-order valence-electron chi connectivity index (χ2n) is 4.07. The molecule has 0 heterocycles. The predicted molar refractivity (Wildman–Crippen MR) is 73.4 cm³/mol. The molecule has 0 saturated heterocycles. The topological polar surface area (TPSA) is 81.9 Å². The van der Waals surface area contributed by atoms with E-state index in [0.717, 1.165) is 18.8 Å². The van der Waals surface area contributed by atoms with Gasteiger partial charge in [0, 0.05) is 25.9 Å². The van der Waals surface area contributed by atoms with E-state index in [1.54, 1.807) is 26.2 Å². The summed E-state index contributed by atoms with van der Waals surface area (Å²) in [5, 5.41) is 0. The van der Waals surface area contributed by atoms with Crippen LogP contribution in [0.3, 0.4) is 0 Å². The van der Waals surface area contributed by atoms with Crippen molar-refractivity contribution in [2.75, 3.05) is 31.7 Å². The van der Waals surface area contributed by atoms with Crippen LogP contribution in [0.25, 0.3) is 0 Å². The SMILES string of the molecule is CCN(CCOC)c1ccc(S(=O)(=O)ON)c(C)c1. The van der Waals surface area contributed by atoms with Gasteiger partial charge >= 0.3 is 10.1 Å². The molecule has 0 aliphatic rings. The lowest BCUT2D eigenvalue weighted by Crippen LogP contribution is -2.27. The smallest absolute Gasteiger partial charge is 0.312 e. The summed E-state index contributed by atoms with van der Waals surface area (Å²) in [6.07, 6.45) is 0. The predicted octanol–water partition coefficient (Wildman–Crippen LogP) is 1.05. The van der Waals surface area contributed by atoms with Crippen LogP contribution in [-0.4, -0.2) is 35.2 Å². The van der Waals surface area contributed by atoms with Crippen LogP contribution in [0.15, 0.2) is 23.1 Å². The van der Waals surface area contributed by atoms with Crippen LogP contribution in [0.5, 0.6) is 0 Å². The van der Waals surface area contributed by atoms with E-state index in [4.69, 9.17) is 10.6 Å². The Bertz CT molecular complexity index is 516. The summed E-state index contributed by atoms with van der Waals surface area (Å²) in [6, 6.07) is 5.03. The van der Waals surface area contributed by atoms with Crippen molar-refractivity contribution in [1.82, 2.24) is 0 Å². The van der Waals surface area contributed by atoms with Gasteiger partial charge in [0.2, 0.25) is 0 Å². The number of anilines is 1. The molecule has 1 aromatic carbocycles. The Hall–Kier alpha value is -1.15. The largest absolute Gasteiger partial charge is 0.383 e. The summed E-state index contributed by atoms with van der Waals surface area (Å²) in [4.78, 5) is 2.18. The van der Waals surface area contributed by atoms with Gasteiger partial charge in [-0.25, -0.2) is 0 Å². The molecule has 2 N–H and O–H groups in total. The number of methoxy groups -OCH3 is 1. The second-order valence-corrected chi connectivity index (χ2v) is 5.61. The van der Waals surface area contributed by atoms with Crippen LogP contribution >= 0.6 is 0 Å². The van der Waals surface area contributed by atoms with E-state index in [1.807, 2.05) is 6.92 Å². The Balaban J connectivity index is 3.05. The standard InChI is InChI=1S/C12H20N2O4S/c1-4-14(7-8-17-3)11-5-6-12(10(2)9-11)19(15,16)18-13/h5-6,9H,4,7-8,13H2,1-3H3. The van der Waals surface area contributed by atoms with E-state index in [2.05, 4.69) is 9.18 Å². The van der Waals surface area contributed by atoms with Crippen LogP contribution in [0.1, 0.15) is 12.5 Å². The molecule has 0 aliphatic heterocycles. The summed E-state index contributed by atoms with van der Waals surface area (Å²) in [5.41, 5.74) is 1.53. The highest BCUT2D eigenvalue weighted by atomic mass is 32.2. The number of ether oxygens (including phenoxy) is 1. The van der Waals surface area contributed by atoms with Gasteiger partial charge in [0.05, 0.1) is 11.5 Å². The van der Waals surface area contributed by atoms with Crippen molar-refractivity contribution >= 4 is 15.8 Å². The Morgan fingerprint density at radius 2 is 2.05 bits per heavy atom. The van der Waals surface area contributed by atoms with Crippen LogP contribution in [-0.2, 0) is 19.1 Å². The van der Waals surface area contributed by atoms with E-state index in [-0.39, 0.29) is 4.90 Å². The number of nitrogens with zero attached hydrogens (tertiary/aromatic N) is 1. The molecule has 1 rings (SSSR count). The molecule has 0 unspecified atom stereocenters. The molecule has 1 aromatic rings. The van der Waals surface area contributed by atoms with Crippen LogP contribution in [0.2, 0.25) is 0 Å². The second kappa shape index (κ2) is 6.85. The number of hydrogen-bond donors (Lipinski definition) is 1. The zero-order valence-corrected chi connectivity index (χ0v) is 12.2. The van der Waals surface area contributed by atoms with Gasteiger partial charge in [-0.1, -0.05) is 0 Å². The molecular weight excluding hydrogens is 268 g/mol. The maximum absolute atomic E-state index is 11.6. The van der Waals surface area contributed by atoms with Gasteiger partial charge in [-0.15, -0.1) is 0 Å². The summed E-state index contributed by atoms with van der Waals surface area (Å²) in [6.45, 7) is 5.89. The average Bonchev–Trinajstić information content (AvgIpc) is 2.39. The minimum absolute atomic E-state index is 0.0848. The summed E-state index contributed by atoms with van der Waals surface area (Å²) >= 11 is 0. The van der Waals surface area contributed by atoms with E-state index in [9.17, 15) is 8.42 Å². The molecule has 0 radical (unpaired) electrons. The molecule has 0 saturated carbocycles. The van der Waals surface area contributed by atoms with E-state index >= 15 is 0 Å². The molecular formula is C12H20N2O4S. The van der Waals surface area contributed by atoms with Crippen molar-refractivity contribution < 1.29 is 17.4 Å². The summed E-state index contributed by atoms with van der Waals surface area (Å²) in [7, 11) is -2.21. The summed E-state index contributed by atoms with van der Waals surface area (Å²) in [5.74, 6) is 4.78. The van der Waals surface area contributed by atoms with Crippen molar-refractivity contribution in [3.63, 3.8) is 0 Å². The lowest BCUT2D eigenvalue weighted by molar-refractivity contribution is 0.205. The molecule has 6 nitrogen and oxygen atoms in total. The average molecular weight is 288 g/mol. The van der Waals surface area contributed by atoms with Crippen molar-refractivity contribution in [2.24, 2.45) is 5.90 Å². The molecule has 0 amide bonds. The first-order chi connectivity index (χ1) is 8.96. The van der Waals surface area contributed by atoms with Gasteiger partial charge in [0.1, 0.15) is 0 Å². The molecule has 0 atom stereocenters. The first kappa shape index (κ1) is 15.9. The Morgan fingerprint density at radius 1 is 1.37 bits per heavy atom.